The Morgan fingerprint density at radius 1 is 1.00 bits per heavy atom. The van der Waals surface area contributed by atoms with Gasteiger partial charge >= 0.3 is 0 Å². The van der Waals surface area contributed by atoms with E-state index in [-0.39, 0.29) is 12.0 Å². The Balaban J connectivity index is 1.31. The first-order valence-electron chi connectivity index (χ1n) is 10.8. The van der Waals surface area contributed by atoms with Crippen LogP contribution in [0.3, 0.4) is 0 Å². The summed E-state index contributed by atoms with van der Waals surface area (Å²) in [4.78, 5) is 15.0. The molecule has 1 aliphatic carbocycles. The lowest BCUT2D eigenvalue weighted by Gasteiger charge is -2.28. The van der Waals surface area contributed by atoms with Crippen molar-refractivity contribution in [3.63, 3.8) is 0 Å². The molecule has 2 heterocycles. The van der Waals surface area contributed by atoms with Crippen LogP contribution >= 0.6 is 0 Å². The molecule has 0 radical (unpaired) electrons. The lowest BCUT2D eigenvalue weighted by molar-refractivity contribution is 0.00636. The molecule has 158 valence electrons. The third-order valence-corrected chi connectivity index (χ3v) is 6.17. The van der Waals surface area contributed by atoms with E-state index in [0.717, 1.165) is 47.9 Å². The zero-order chi connectivity index (χ0) is 21.2. The van der Waals surface area contributed by atoms with Crippen LogP contribution in [0.5, 0.6) is 5.75 Å². The van der Waals surface area contributed by atoms with Crippen molar-refractivity contribution in [2.45, 2.75) is 51.0 Å². The maximum atomic E-state index is 13.2. The van der Waals surface area contributed by atoms with E-state index in [0.29, 0.717) is 24.4 Å². The van der Waals surface area contributed by atoms with Gasteiger partial charge in [-0.3, -0.25) is 4.79 Å². The van der Waals surface area contributed by atoms with Crippen LogP contribution in [0.4, 0.5) is 0 Å². The molecule has 2 atom stereocenters. The Bertz CT molecular complexity index is 1070. The number of rotatable bonds is 5. The lowest BCUT2D eigenvalue weighted by atomic mass is 9.94. The van der Waals surface area contributed by atoms with Crippen LogP contribution in [0.25, 0.3) is 11.1 Å². The number of aliphatic hydroxyl groups excluding tert-OH is 1. The minimum Gasteiger partial charge on any atom is -0.487 e. The van der Waals surface area contributed by atoms with Gasteiger partial charge in [-0.05, 0) is 48.1 Å². The Kier molecular flexibility index (Phi) is 5.38. The summed E-state index contributed by atoms with van der Waals surface area (Å²) in [6.07, 6.45) is 6.35. The molecule has 6 nitrogen and oxygen atoms in total. The topological polar surface area (TPSA) is 75.6 Å². The number of amides is 1. The fraction of sp³-hybridized carbons (Fsp3) is 0.320. The zero-order valence-electron chi connectivity index (χ0n) is 17.3. The molecule has 0 bridgehead atoms. The molecule has 1 aliphatic heterocycles. The Hall–Kier alpha value is -3.25. The van der Waals surface area contributed by atoms with Gasteiger partial charge in [0, 0.05) is 18.7 Å². The van der Waals surface area contributed by atoms with Gasteiger partial charge in [-0.15, -0.1) is 0 Å². The maximum absolute atomic E-state index is 13.2. The first-order valence-corrected chi connectivity index (χ1v) is 10.8. The van der Waals surface area contributed by atoms with Crippen molar-refractivity contribution in [2.24, 2.45) is 0 Å². The summed E-state index contributed by atoms with van der Waals surface area (Å²) < 4.78 is 6.14. The van der Waals surface area contributed by atoms with Crippen molar-refractivity contribution >= 4 is 5.91 Å². The molecule has 31 heavy (non-hydrogen) atoms. The first-order chi connectivity index (χ1) is 15.2. The number of ether oxygens (including phenoxy) is 1. The summed E-state index contributed by atoms with van der Waals surface area (Å²) in [7, 11) is 0. The third-order valence-electron chi connectivity index (χ3n) is 6.17. The van der Waals surface area contributed by atoms with E-state index in [1.54, 1.807) is 12.4 Å². The van der Waals surface area contributed by atoms with Gasteiger partial charge in [0.05, 0.1) is 24.1 Å². The largest absolute Gasteiger partial charge is 0.487 e. The smallest absolute Gasteiger partial charge is 0.258 e. The number of nitrogens with zero attached hydrogens (tertiary/aromatic N) is 3. The van der Waals surface area contributed by atoms with Gasteiger partial charge < -0.3 is 14.7 Å². The Morgan fingerprint density at radius 2 is 1.84 bits per heavy atom. The quantitative estimate of drug-likeness (QED) is 0.682. The summed E-state index contributed by atoms with van der Waals surface area (Å²) >= 11 is 0. The van der Waals surface area contributed by atoms with Crippen LogP contribution in [0.15, 0.2) is 60.9 Å². The van der Waals surface area contributed by atoms with Crippen LogP contribution in [0.1, 0.15) is 47.2 Å². The molecule has 2 aromatic carbocycles. The van der Waals surface area contributed by atoms with Gasteiger partial charge in [0.1, 0.15) is 11.9 Å². The number of aromatic nitrogens is 2. The number of hydrogen-bond donors (Lipinski definition) is 1. The highest BCUT2D eigenvalue weighted by atomic mass is 16.5. The average molecular weight is 415 g/mol. The van der Waals surface area contributed by atoms with Crippen molar-refractivity contribution in [1.82, 2.24) is 15.1 Å². The molecule has 2 aliphatic rings. The minimum atomic E-state index is -0.466. The summed E-state index contributed by atoms with van der Waals surface area (Å²) in [5.41, 5.74) is 4.76. The van der Waals surface area contributed by atoms with Crippen LogP contribution in [-0.4, -0.2) is 38.3 Å². The Morgan fingerprint density at radius 3 is 2.61 bits per heavy atom. The fourth-order valence-electron chi connectivity index (χ4n) is 4.47. The predicted octanol–water partition coefficient (Wildman–Crippen LogP) is 3.98. The van der Waals surface area contributed by atoms with E-state index in [4.69, 9.17) is 4.74 Å². The van der Waals surface area contributed by atoms with E-state index in [9.17, 15) is 9.90 Å². The number of carbonyl (C=O) groups excluding carboxylic acids is 1. The van der Waals surface area contributed by atoms with Crippen LogP contribution in [0, 0.1) is 0 Å². The second-order valence-electron chi connectivity index (χ2n) is 8.29. The van der Waals surface area contributed by atoms with Crippen molar-refractivity contribution in [2.75, 3.05) is 0 Å². The highest BCUT2D eigenvalue weighted by molar-refractivity contribution is 6.01. The highest BCUT2D eigenvalue weighted by Crippen LogP contribution is 2.34. The van der Waals surface area contributed by atoms with Crippen molar-refractivity contribution in [3.8, 4) is 16.9 Å². The molecule has 1 fully saturated rings. The van der Waals surface area contributed by atoms with Crippen molar-refractivity contribution < 1.29 is 14.6 Å². The van der Waals surface area contributed by atoms with Gasteiger partial charge in [-0.1, -0.05) is 42.8 Å². The van der Waals surface area contributed by atoms with Gasteiger partial charge in [0.25, 0.3) is 5.91 Å². The molecule has 0 saturated heterocycles. The number of carbonyl (C=O) groups is 1. The van der Waals surface area contributed by atoms with E-state index >= 15 is 0 Å². The molecule has 1 aromatic heterocycles. The number of benzene rings is 2. The monoisotopic (exact) mass is 415 g/mol. The second kappa shape index (κ2) is 8.47. The van der Waals surface area contributed by atoms with Crippen LogP contribution in [-0.2, 0) is 13.1 Å². The second-order valence-corrected chi connectivity index (χ2v) is 8.29. The van der Waals surface area contributed by atoms with Gasteiger partial charge in [0.15, 0.2) is 0 Å². The van der Waals surface area contributed by atoms with Gasteiger partial charge in [0.2, 0.25) is 0 Å². The molecular weight excluding hydrogens is 390 g/mol. The summed E-state index contributed by atoms with van der Waals surface area (Å²) in [6, 6.07) is 15.9. The molecular formula is C25H25N3O3. The zero-order valence-corrected chi connectivity index (χ0v) is 17.3. The van der Waals surface area contributed by atoms with Crippen LogP contribution < -0.4 is 4.74 Å². The molecule has 1 saturated carbocycles. The minimum absolute atomic E-state index is 0.0155. The highest BCUT2D eigenvalue weighted by Gasteiger charge is 2.33. The number of fused-ring (bicyclic) bond motifs is 1. The molecule has 1 N–H and O–H groups in total. The van der Waals surface area contributed by atoms with Gasteiger partial charge in [-0.2, -0.15) is 10.2 Å². The molecule has 5 rings (SSSR count). The molecule has 0 spiro atoms. The molecule has 6 heteroatoms. The average Bonchev–Trinajstić information content (AvgIpc) is 3.12. The van der Waals surface area contributed by atoms with E-state index in [1.807, 2.05) is 53.4 Å². The predicted molar refractivity (Wildman–Crippen MR) is 116 cm³/mol. The Labute approximate surface area is 181 Å². The number of aliphatic hydroxyl groups is 1. The molecule has 2 unspecified atom stereocenters. The normalized spacial score (nSPS) is 20.5. The van der Waals surface area contributed by atoms with E-state index in [1.165, 1.54) is 0 Å². The molecule has 3 aromatic rings. The van der Waals surface area contributed by atoms with Gasteiger partial charge in [-0.25, -0.2) is 0 Å². The standard InChI is InChI=1S/C25H25N3O3/c29-21-5-1-2-6-22(21)31-23-7-3-4-20-16-28(25(30)24(20)23)15-17-8-10-18(11-9-17)19-12-13-26-27-14-19/h3-4,7-14,21-22,29H,1-2,5-6,15-16H2. The summed E-state index contributed by atoms with van der Waals surface area (Å²) in [5, 5.41) is 18.0. The lowest BCUT2D eigenvalue weighted by Crippen LogP contribution is -2.35. The SMILES string of the molecule is O=C1c2c(cccc2OC2CCCCC2O)CN1Cc1ccc(-c2ccnnc2)cc1. The maximum Gasteiger partial charge on any atom is 0.258 e. The fourth-order valence-corrected chi connectivity index (χ4v) is 4.47. The van der Waals surface area contributed by atoms with Crippen molar-refractivity contribution in [1.29, 1.82) is 0 Å². The molecule has 1 amide bonds. The first kappa shape index (κ1) is 19.7. The summed E-state index contributed by atoms with van der Waals surface area (Å²) in [5.74, 6) is 0.579. The summed E-state index contributed by atoms with van der Waals surface area (Å²) in [6.45, 7) is 1.10. The van der Waals surface area contributed by atoms with Crippen molar-refractivity contribution in [3.05, 3.63) is 77.6 Å². The third kappa shape index (κ3) is 4.03. The number of hydrogen-bond acceptors (Lipinski definition) is 5. The van der Waals surface area contributed by atoms with E-state index in [2.05, 4.69) is 10.2 Å². The van der Waals surface area contributed by atoms with E-state index < -0.39 is 6.10 Å². The van der Waals surface area contributed by atoms with Crippen LogP contribution in [0.2, 0.25) is 0 Å².